The fourth-order valence-electron chi connectivity index (χ4n) is 2.50. The van der Waals surface area contributed by atoms with E-state index in [4.69, 9.17) is 9.84 Å². The van der Waals surface area contributed by atoms with E-state index >= 15 is 0 Å². The maximum atomic E-state index is 12.8. The predicted octanol–water partition coefficient (Wildman–Crippen LogP) is 4.10. The lowest BCUT2D eigenvalue weighted by molar-refractivity contribution is -0.136. The number of rotatable bonds is 9. The summed E-state index contributed by atoms with van der Waals surface area (Å²) >= 11 is 1.18. The number of para-hydroxylation sites is 1. The molecule has 0 radical (unpaired) electrons. The molecule has 2 rings (SSSR count). The topological polar surface area (TPSA) is 66.8 Å². The van der Waals surface area contributed by atoms with Crippen LogP contribution < -0.4 is 4.74 Å². The highest BCUT2D eigenvalue weighted by atomic mass is 32.2. The van der Waals surface area contributed by atoms with Crippen LogP contribution in [-0.4, -0.2) is 47.3 Å². The van der Waals surface area contributed by atoms with E-state index in [1.54, 1.807) is 37.1 Å². The number of amides is 1. The highest BCUT2D eigenvalue weighted by Gasteiger charge is 2.19. The van der Waals surface area contributed by atoms with Crippen LogP contribution in [0, 0.1) is 6.92 Å². The van der Waals surface area contributed by atoms with Crippen molar-refractivity contribution in [2.45, 2.75) is 30.4 Å². The Bertz CT molecular complexity index is 793. The number of aliphatic carboxylic acids is 1. The third-order valence-electron chi connectivity index (χ3n) is 4.10. The molecule has 0 fully saturated rings. The number of nitrogens with zero attached hydrogens (tertiary/aromatic N) is 1. The van der Waals surface area contributed by atoms with Crippen molar-refractivity contribution in [1.29, 1.82) is 0 Å². The molecule has 0 aromatic heterocycles. The Morgan fingerprint density at radius 2 is 1.81 bits per heavy atom. The normalized spacial score (nSPS) is 11.7. The number of carboxylic acid groups (broad SMARTS) is 1. The summed E-state index contributed by atoms with van der Waals surface area (Å²) in [6.07, 6.45) is 0.706. The molecule has 0 saturated carbocycles. The Kier molecular flexibility index (Phi) is 7.73. The average Bonchev–Trinajstić information content (AvgIpc) is 2.66. The Morgan fingerprint density at radius 1 is 1.15 bits per heavy atom. The average molecular weight is 388 g/mol. The SMILES string of the molecule is Cc1ccccc1OCCCN(C)C(=O)c1ccccc1SC(C)C(=O)O. The standard InChI is InChI=1S/C21H25NO4S/c1-15-9-4-6-11-18(15)26-14-8-13-22(3)20(23)17-10-5-7-12-19(17)27-16(2)21(24)25/h4-7,9-12,16H,8,13-14H2,1-3H3,(H,24,25). The van der Waals surface area contributed by atoms with Gasteiger partial charge in [-0.05, 0) is 44.0 Å². The molecule has 27 heavy (non-hydrogen) atoms. The van der Waals surface area contributed by atoms with Gasteiger partial charge in [-0.15, -0.1) is 11.8 Å². The van der Waals surface area contributed by atoms with E-state index in [-0.39, 0.29) is 5.91 Å². The van der Waals surface area contributed by atoms with Crippen LogP contribution in [0.25, 0.3) is 0 Å². The Hall–Kier alpha value is -2.47. The van der Waals surface area contributed by atoms with Crippen LogP contribution in [0.4, 0.5) is 0 Å². The summed E-state index contributed by atoms with van der Waals surface area (Å²) in [7, 11) is 1.75. The zero-order valence-corrected chi connectivity index (χ0v) is 16.7. The van der Waals surface area contributed by atoms with Gasteiger partial charge < -0.3 is 14.7 Å². The Balaban J connectivity index is 1.91. The molecule has 2 aromatic carbocycles. The van der Waals surface area contributed by atoms with Gasteiger partial charge >= 0.3 is 5.97 Å². The summed E-state index contributed by atoms with van der Waals surface area (Å²) in [6.45, 7) is 4.69. The third-order valence-corrected chi connectivity index (χ3v) is 5.27. The molecule has 1 unspecified atom stereocenters. The zero-order chi connectivity index (χ0) is 19.8. The van der Waals surface area contributed by atoms with Gasteiger partial charge in [0.1, 0.15) is 11.0 Å². The van der Waals surface area contributed by atoms with Crippen LogP contribution in [0.15, 0.2) is 53.4 Å². The second kappa shape index (κ2) is 10.0. The van der Waals surface area contributed by atoms with Gasteiger partial charge in [-0.25, -0.2) is 0 Å². The monoisotopic (exact) mass is 387 g/mol. The number of hydrogen-bond donors (Lipinski definition) is 1. The summed E-state index contributed by atoms with van der Waals surface area (Å²) in [6, 6.07) is 15.0. The van der Waals surface area contributed by atoms with Crippen LogP contribution in [0.5, 0.6) is 5.75 Å². The number of carbonyl (C=O) groups excluding carboxylic acids is 1. The van der Waals surface area contributed by atoms with E-state index in [2.05, 4.69) is 0 Å². The lowest BCUT2D eigenvalue weighted by atomic mass is 10.2. The molecule has 1 atom stereocenters. The van der Waals surface area contributed by atoms with Crippen molar-refractivity contribution in [3.8, 4) is 5.75 Å². The van der Waals surface area contributed by atoms with Gasteiger partial charge in [0.05, 0.1) is 12.2 Å². The van der Waals surface area contributed by atoms with Crippen molar-refractivity contribution in [3.05, 3.63) is 59.7 Å². The summed E-state index contributed by atoms with van der Waals surface area (Å²) < 4.78 is 5.77. The number of thioether (sulfide) groups is 1. The van der Waals surface area contributed by atoms with Crippen LogP contribution in [0.1, 0.15) is 29.3 Å². The zero-order valence-electron chi connectivity index (χ0n) is 15.8. The lowest BCUT2D eigenvalue weighted by Gasteiger charge is -2.19. The summed E-state index contributed by atoms with van der Waals surface area (Å²) in [5.74, 6) is -0.161. The van der Waals surface area contributed by atoms with Gasteiger partial charge in [0, 0.05) is 18.5 Å². The molecule has 0 aliphatic rings. The van der Waals surface area contributed by atoms with E-state index in [0.29, 0.717) is 30.0 Å². The fraction of sp³-hybridized carbons (Fsp3) is 0.333. The predicted molar refractivity (Wildman–Crippen MR) is 108 cm³/mol. The van der Waals surface area contributed by atoms with Crippen molar-refractivity contribution in [3.63, 3.8) is 0 Å². The molecule has 0 spiro atoms. The van der Waals surface area contributed by atoms with Crippen molar-refractivity contribution in [2.24, 2.45) is 0 Å². The number of ether oxygens (including phenoxy) is 1. The first-order valence-corrected chi connectivity index (χ1v) is 9.70. The van der Waals surface area contributed by atoms with E-state index in [0.717, 1.165) is 11.3 Å². The molecule has 0 saturated heterocycles. The van der Waals surface area contributed by atoms with Crippen molar-refractivity contribution in [1.82, 2.24) is 4.90 Å². The number of carbonyl (C=O) groups is 2. The van der Waals surface area contributed by atoms with Crippen LogP contribution in [-0.2, 0) is 4.79 Å². The van der Waals surface area contributed by atoms with Gasteiger partial charge in [0.15, 0.2) is 0 Å². The molecule has 0 aliphatic heterocycles. The maximum Gasteiger partial charge on any atom is 0.316 e. The second-order valence-electron chi connectivity index (χ2n) is 6.29. The van der Waals surface area contributed by atoms with Crippen LogP contribution in [0.2, 0.25) is 0 Å². The van der Waals surface area contributed by atoms with Crippen LogP contribution >= 0.6 is 11.8 Å². The largest absolute Gasteiger partial charge is 0.493 e. The molecular weight excluding hydrogens is 362 g/mol. The van der Waals surface area contributed by atoms with Crippen molar-refractivity contribution >= 4 is 23.6 Å². The Labute approximate surface area is 164 Å². The summed E-state index contributed by atoms with van der Waals surface area (Å²) in [5, 5.41) is 8.49. The highest BCUT2D eigenvalue weighted by Crippen LogP contribution is 2.27. The van der Waals surface area contributed by atoms with E-state index < -0.39 is 11.2 Å². The molecule has 1 amide bonds. The second-order valence-corrected chi connectivity index (χ2v) is 7.67. The molecule has 0 aliphatic carbocycles. The van der Waals surface area contributed by atoms with Gasteiger partial charge in [-0.3, -0.25) is 9.59 Å². The minimum absolute atomic E-state index is 0.119. The van der Waals surface area contributed by atoms with Gasteiger partial charge in [0.25, 0.3) is 5.91 Å². The van der Waals surface area contributed by atoms with Gasteiger partial charge in [0.2, 0.25) is 0 Å². The first-order chi connectivity index (χ1) is 12.9. The molecule has 0 heterocycles. The molecule has 0 bridgehead atoms. The molecule has 2 aromatic rings. The number of aryl methyl sites for hydroxylation is 1. The summed E-state index contributed by atoms with van der Waals surface area (Å²) in [5.41, 5.74) is 1.61. The smallest absolute Gasteiger partial charge is 0.316 e. The first-order valence-electron chi connectivity index (χ1n) is 8.82. The van der Waals surface area contributed by atoms with Crippen LogP contribution in [0.3, 0.4) is 0 Å². The molecule has 144 valence electrons. The number of hydrogen-bond acceptors (Lipinski definition) is 4. The fourth-order valence-corrected chi connectivity index (χ4v) is 3.42. The molecule has 5 nitrogen and oxygen atoms in total. The maximum absolute atomic E-state index is 12.8. The summed E-state index contributed by atoms with van der Waals surface area (Å²) in [4.78, 5) is 26.2. The molecule has 1 N–H and O–H groups in total. The van der Waals surface area contributed by atoms with Crippen molar-refractivity contribution in [2.75, 3.05) is 20.2 Å². The highest BCUT2D eigenvalue weighted by molar-refractivity contribution is 8.00. The number of carboxylic acids is 1. The lowest BCUT2D eigenvalue weighted by Crippen LogP contribution is -2.29. The molecule has 6 heteroatoms. The van der Waals surface area contributed by atoms with Crippen molar-refractivity contribution < 1.29 is 19.4 Å². The minimum atomic E-state index is -0.899. The van der Waals surface area contributed by atoms with Gasteiger partial charge in [-0.2, -0.15) is 0 Å². The van der Waals surface area contributed by atoms with Gasteiger partial charge in [-0.1, -0.05) is 30.3 Å². The molecular formula is C21H25NO4S. The number of benzene rings is 2. The van der Waals surface area contributed by atoms with E-state index in [9.17, 15) is 9.59 Å². The third kappa shape index (κ3) is 6.03. The van der Waals surface area contributed by atoms with E-state index in [1.165, 1.54) is 11.8 Å². The first kappa shape index (κ1) is 20.8. The minimum Gasteiger partial charge on any atom is -0.493 e. The quantitative estimate of drug-likeness (QED) is 0.518. The van der Waals surface area contributed by atoms with E-state index in [1.807, 2.05) is 37.3 Å². The Morgan fingerprint density at radius 3 is 2.52 bits per heavy atom.